The molecule has 2 fully saturated rings. The first-order valence-electron chi connectivity index (χ1n) is 6.98. The van der Waals surface area contributed by atoms with E-state index >= 15 is 0 Å². The Morgan fingerprint density at radius 3 is 2.68 bits per heavy atom. The van der Waals surface area contributed by atoms with Gasteiger partial charge in [0.2, 0.25) is 5.91 Å². The molecular weight excluding hydrogens is 240 g/mol. The molecule has 0 atom stereocenters. The summed E-state index contributed by atoms with van der Waals surface area (Å²) in [5.74, 6) is 0.689. The van der Waals surface area contributed by atoms with E-state index in [4.69, 9.17) is 4.74 Å². The van der Waals surface area contributed by atoms with Gasteiger partial charge in [-0.25, -0.2) is 0 Å². The largest absolute Gasteiger partial charge is 0.378 e. The van der Waals surface area contributed by atoms with Crippen molar-refractivity contribution in [3.8, 4) is 0 Å². The number of carbonyl (C=O) groups excluding carboxylic acids is 1. The van der Waals surface area contributed by atoms with Gasteiger partial charge in [-0.1, -0.05) is 6.07 Å². The van der Waals surface area contributed by atoms with Crippen LogP contribution in [0.1, 0.15) is 31.2 Å². The number of benzene rings is 1. The second kappa shape index (κ2) is 5.21. The summed E-state index contributed by atoms with van der Waals surface area (Å²) in [6, 6.07) is 6.49. The zero-order valence-electron chi connectivity index (χ0n) is 11.3. The summed E-state index contributed by atoms with van der Waals surface area (Å²) >= 11 is 0. The maximum Gasteiger partial charge on any atom is 0.221 e. The molecule has 1 N–H and O–H groups in total. The second-order valence-electron chi connectivity index (χ2n) is 5.33. The molecule has 4 nitrogen and oxygen atoms in total. The molecule has 19 heavy (non-hydrogen) atoms. The molecule has 2 aliphatic rings. The van der Waals surface area contributed by atoms with E-state index in [2.05, 4.69) is 28.4 Å². The highest BCUT2D eigenvalue weighted by molar-refractivity contribution is 5.93. The normalized spacial score (nSPS) is 19.3. The van der Waals surface area contributed by atoms with E-state index < -0.39 is 0 Å². The highest BCUT2D eigenvalue weighted by atomic mass is 16.5. The lowest BCUT2D eigenvalue weighted by atomic mass is 10.1. The molecule has 0 radical (unpaired) electrons. The molecule has 1 saturated heterocycles. The number of ether oxygens (including phenoxy) is 1. The van der Waals surface area contributed by atoms with Gasteiger partial charge in [0.25, 0.3) is 0 Å². The fraction of sp³-hybridized carbons (Fsp3) is 0.533. The van der Waals surface area contributed by atoms with Crippen LogP contribution in [-0.4, -0.2) is 32.2 Å². The van der Waals surface area contributed by atoms with Crippen molar-refractivity contribution in [3.63, 3.8) is 0 Å². The van der Waals surface area contributed by atoms with Crippen LogP contribution in [-0.2, 0) is 9.53 Å². The zero-order chi connectivity index (χ0) is 13.2. The smallest absolute Gasteiger partial charge is 0.221 e. The maximum absolute atomic E-state index is 11.4. The Kier molecular flexibility index (Phi) is 3.42. The van der Waals surface area contributed by atoms with Gasteiger partial charge in [-0.15, -0.1) is 0 Å². The van der Waals surface area contributed by atoms with Crippen LogP contribution >= 0.6 is 0 Å². The molecule has 3 rings (SSSR count). The number of rotatable bonds is 3. The maximum atomic E-state index is 11.4. The highest BCUT2D eigenvalue weighted by Crippen LogP contribution is 2.42. The van der Waals surface area contributed by atoms with E-state index in [1.807, 2.05) is 0 Å². The van der Waals surface area contributed by atoms with E-state index in [0.717, 1.165) is 37.7 Å². The van der Waals surface area contributed by atoms with Crippen LogP contribution in [0.3, 0.4) is 0 Å². The summed E-state index contributed by atoms with van der Waals surface area (Å²) in [4.78, 5) is 13.7. The highest BCUT2D eigenvalue weighted by Gasteiger charge is 2.25. The fourth-order valence-electron chi connectivity index (χ4n) is 2.59. The van der Waals surface area contributed by atoms with E-state index in [1.165, 1.54) is 18.4 Å². The quantitative estimate of drug-likeness (QED) is 0.907. The van der Waals surface area contributed by atoms with Crippen LogP contribution in [0.25, 0.3) is 0 Å². The molecule has 1 aliphatic heterocycles. The molecule has 0 unspecified atom stereocenters. The molecule has 102 valence electrons. The van der Waals surface area contributed by atoms with Gasteiger partial charge in [0.05, 0.1) is 24.6 Å². The Morgan fingerprint density at radius 2 is 2.05 bits per heavy atom. The molecule has 0 bridgehead atoms. The fourth-order valence-corrected chi connectivity index (χ4v) is 2.59. The van der Waals surface area contributed by atoms with E-state index in [-0.39, 0.29) is 5.91 Å². The molecule has 4 heteroatoms. The number of anilines is 2. The van der Waals surface area contributed by atoms with Crippen molar-refractivity contribution in [2.24, 2.45) is 0 Å². The first-order valence-corrected chi connectivity index (χ1v) is 6.98. The van der Waals surface area contributed by atoms with Gasteiger partial charge in [-0.05, 0) is 36.5 Å². The monoisotopic (exact) mass is 260 g/mol. The van der Waals surface area contributed by atoms with Crippen LogP contribution in [0.5, 0.6) is 0 Å². The van der Waals surface area contributed by atoms with Gasteiger partial charge >= 0.3 is 0 Å². The third-order valence-corrected chi connectivity index (χ3v) is 3.73. The first kappa shape index (κ1) is 12.5. The lowest BCUT2D eigenvalue weighted by molar-refractivity contribution is -0.114. The van der Waals surface area contributed by atoms with Crippen molar-refractivity contribution in [1.82, 2.24) is 0 Å². The van der Waals surface area contributed by atoms with E-state index in [1.54, 1.807) is 6.92 Å². The Bertz CT molecular complexity index is 477. The third kappa shape index (κ3) is 2.89. The van der Waals surface area contributed by atoms with Gasteiger partial charge in [0, 0.05) is 20.0 Å². The molecule has 1 aliphatic carbocycles. The minimum Gasteiger partial charge on any atom is -0.378 e. The summed E-state index contributed by atoms with van der Waals surface area (Å²) in [5.41, 5.74) is 3.41. The number of nitrogens with one attached hydrogen (secondary N) is 1. The van der Waals surface area contributed by atoms with Crippen molar-refractivity contribution >= 4 is 17.3 Å². The number of amides is 1. The van der Waals surface area contributed by atoms with E-state index in [0.29, 0.717) is 5.92 Å². The second-order valence-corrected chi connectivity index (χ2v) is 5.33. The van der Waals surface area contributed by atoms with E-state index in [9.17, 15) is 4.79 Å². The summed E-state index contributed by atoms with van der Waals surface area (Å²) in [7, 11) is 0. The average molecular weight is 260 g/mol. The minimum absolute atomic E-state index is 0.0116. The van der Waals surface area contributed by atoms with Crippen molar-refractivity contribution in [3.05, 3.63) is 23.8 Å². The van der Waals surface area contributed by atoms with Crippen LogP contribution in [0.15, 0.2) is 18.2 Å². The Balaban J connectivity index is 1.89. The van der Waals surface area contributed by atoms with Crippen molar-refractivity contribution in [2.45, 2.75) is 25.7 Å². The lowest BCUT2D eigenvalue weighted by Crippen LogP contribution is -2.36. The predicted molar refractivity (Wildman–Crippen MR) is 75.8 cm³/mol. The van der Waals surface area contributed by atoms with Gasteiger partial charge in [-0.3, -0.25) is 4.79 Å². The van der Waals surface area contributed by atoms with Crippen molar-refractivity contribution in [1.29, 1.82) is 0 Å². The zero-order valence-corrected chi connectivity index (χ0v) is 11.3. The van der Waals surface area contributed by atoms with Crippen LogP contribution in [0.4, 0.5) is 11.4 Å². The van der Waals surface area contributed by atoms with Gasteiger partial charge in [0.1, 0.15) is 0 Å². The summed E-state index contributed by atoms with van der Waals surface area (Å²) in [6.07, 6.45) is 2.55. The molecule has 1 heterocycles. The number of carbonyl (C=O) groups is 1. The van der Waals surface area contributed by atoms with Gasteiger partial charge in [0.15, 0.2) is 0 Å². The summed E-state index contributed by atoms with van der Waals surface area (Å²) < 4.78 is 5.39. The van der Waals surface area contributed by atoms with Gasteiger partial charge < -0.3 is 15.0 Å². The molecule has 1 saturated carbocycles. The summed E-state index contributed by atoms with van der Waals surface area (Å²) in [6.45, 7) is 4.84. The number of hydrogen-bond donors (Lipinski definition) is 1. The Morgan fingerprint density at radius 1 is 1.32 bits per heavy atom. The molecule has 1 amide bonds. The number of hydrogen-bond acceptors (Lipinski definition) is 3. The number of nitrogens with zero attached hydrogens (tertiary/aromatic N) is 1. The standard InChI is InChI=1S/C15H20N2O2/c1-11(18)16-14-10-13(12-2-3-12)4-5-15(14)17-6-8-19-9-7-17/h4-5,10,12H,2-3,6-9H2,1H3,(H,16,18). The Hall–Kier alpha value is -1.55. The predicted octanol–water partition coefficient (Wildman–Crippen LogP) is 2.36. The van der Waals surface area contributed by atoms with Gasteiger partial charge in [-0.2, -0.15) is 0 Å². The minimum atomic E-state index is -0.0116. The molecule has 1 aromatic rings. The van der Waals surface area contributed by atoms with Crippen molar-refractivity contribution < 1.29 is 9.53 Å². The molecule has 1 aromatic carbocycles. The average Bonchev–Trinajstić information content (AvgIpc) is 3.23. The SMILES string of the molecule is CC(=O)Nc1cc(C2CC2)ccc1N1CCOCC1. The Labute approximate surface area is 113 Å². The molecular formula is C15H20N2O2. The number of morpholine rings is 1. The van der Waals surface area contributed by atoms with Crippen LogP contribution in [0, 0.1) is 0 Å². The first-order chi connectivity index (χ1) is 9.24. The topological polar surface area (TPSA) is 41.6 Å². The lowest BCUT2D eigenvalue weighted by Gasteiger charge is -2.30. The van der Waals surface area contributed by atoms with Crippen LogP contribution < -0.4 is 10.2 Å². The molecule has 0 spiro atoms. The van der Waals surface area contributed by atoms with Crippen molar-refractivity contribution in [2.75, 3.05) is 36.5 Å². The summed E-state index contributed by atoms with van der Waals surface area (Å²) in [5, 5.41) is 2.97. The molecule has 0 aromatic heterocycles. The third-order valence-electron chi connectivity index (χ3n) is 3.73. The van der Waals surface area contributed by atoms with Crippen LogP contribution in [0.2, 0.25) is 0 Å².